The van der Waals surface area contributed by atoms with Crippen molar-refractivity contribution in [3.05, 3.63) is 59.6 Å². The van der Waals surface area contributed by atoms with Crippen LogP contribution in [0.1, 0.15) is 71.0 Å². The van der Waals surface area contributed by atoms with Crippen molar-refractivity contribution < 1.29 is 4.42 Å². The Morgan fingerprint density at radius 3 is 2.53 bits per heavy atom. The smallest absolute Gasteiger partial charge is 0.153 e. The molecule has 30 heavy (non-hydrogen) atoms. The van der Waals surface area contributed by atoms with Gasteiger partial charge >= 0.3 is 0 Å². The fourth-order valence-electron chi connectivity index (χ4n) is 5.61. The van der Waals surface area contributed by atoms with Crippen molar-refractivity contribution in [3.8, 4) is 11.5 Å². The molecule has 4 heterocycles. The Morgan fingerprint density at radius 2 is 1.73 bits per heavy atom. The number of aliphatic imine (C=N–C) groups is 1. The second kappa shape index (κ2) is 8.37. The van der Waals surface area contributed by atoms with Crippen LogP contribution in [-0.2, 0) is 0 Å². The predicted molar refractivity (Wildman–Crippen MR) is 123 cm³/mol. The summed E-state index contributed by atoms with van der Waals surface area (Å²) in [5.41, 5.74) is 6.19. The molecular weight excluding hydrogens is 368 g/mol. The van der Waals surface area contributed by atoms with Gasteiger partial charge in [-0.2, -0.15) is 0 Å². The third-order valence-corrected chi connectivity index (χ3v) is 6.97. The normalized spacial score (nSPS) is 24.5. The van der Waals surface area contributed by atoms with Crippen LogP contribution in [0.5, 0.6) is 0 Å². The van der Waals surface area contributed by atoms with Crippen LogP contribution in [0.15, 0.2) is 63.3 Å². The van der Waals surface area contributed by atoms with Crippen LogP contribution in [-0.4, -0.2) is 10.7 Å². The lowest BCUT2D eigenvalue weighted by atomic mass is 9.77. The molecule has 0 spiro atoms. The minimum Gasteiger partial charge on any atom is -0.455 e. The number of hydrogen-bond acceptors (Lipinski definition) is 3. The lowest BCUT2D eigenvalue weighted by molar-refractivity contribution is 0.344. The number of rotatable bonds is 3. The first-order chi connectivity index (χ1) is 14.7. The standard InChI is InChI=1S/C27H32N2O/c1-18(2)25-20-12-8-6-4-3-5-7-11-19-17-21(25)27(29-19)26(20)24-15-14-23(30-24)22-13-9-10-16-28-22/h9-10,13-18,20,25H,3-8,11-12H2,1-2H3/t20-,25-/m1/s1. The second-order valence-electron chi connectivity index (χ2n) is 9.38. The quantitative estimate of drug-likeness (QED) is 0.536. The van der Waals surface area contributed by atoms with Gasteiger partial charge in [0.25, 0.3) is 0 Å². The molecule has 0 aromatic carbocycles. The second-order valence-corrected chi connectivity index (χ2v) is 9.38. The van der Waals surface area contributed by atoms with Gasteiger partial charge in [0.1, 0.15) is 11.5 Å². The van der Waals surface area contributed by atoms with Gasteiger partial charge < -0.3 is 4.42 Å². The largest absolute Gasteiger partial charge is 0.455 e. The molecule has 0 radical (unpaired) electrons. The molecule has 3 heteroatoms. The summed E-state index contributed by atoms with van der Waals surface area (Å²) in [7, 11) is 0. The third kappa shape index (κ3) is 3.59. The minimum absolute atomic E-state index is 0.500. The van der Waals surface area contributed by atoms with E-state index in [-0.39, 0.29) is 0 Å². The van der Waals surface area contributed by atoms with Crippen LogP contribution in [0.2, 0.25) is 0 Å². The molecule has 6 rings (SSSR count). The summed E-state index contributed by atoms with van der Waals surface area (Å²) in [6, 6.07) is 10.2. The van der Waals surface area contributed by atoms with E-state index in [1.54, 1.807) is 0 Å². The molecule has 3 nitrogen and oxygen atoms in total. The Bertz CT molecular complexity index is 993. The zero-order valence-corrected chi connectivity index (χ0v) is 18.2. The summed E-state index contributed by atoms with van der Waals surface area (Å²) < 4.78 is 6.42. The molecule has 4 bridgehead atoms. The highest BCUT2D eigenvalue weighted by atomic mass is 16.3. The molecule has 2 aromatic rings. The van der Waals surface area contributed by atoms with Crippen molar-refractivity contribution in [2.45, 2.75) is 65.2 Å². The maximum absolute atomic E-state index is 6.42. The molecule has 0 amide bonds. The molecule has 0 unspecified atom stereocenters. The maximum Gasteiger partial charge on any atom is 0.153 e. The van der Waals surface area contributed by atoms with E-state index in [0.717, 1.165) is 23.6 Å². The first kappa shape index (κ1) is 19.5. The van der Waals surface area contributed by atoms with E-state index in [9.17, 15) is 0 Å². The van der Waals surface area contributed by atoms with Crippen LogP contribution in [0.25, 0.3) is 17.0 Å². The van der Waals surface area contributed by atoms with Crippen LogP contribution < -0.4 is 0 Å². The summed E-state index contributed by atoms with van der Waals surface area (Å²) in [6.45, 7) is 4.74. The summed E-state index contributed by atoms with van der Waals surface area (Å²) in [5.74, 6) is 3.47. The topological polar surface area (TPSA) is 38.4 Å². The first-order valence-electron chi connectivity index (χ1n) is 11.8. The first-order valence-corrected chi connectivity index (χ1v) is 11.8. The lowest BCUT2D eigenvalue weighted by Crippen LogP contribution is -2.18. The van der Waals surface area contributed by atoms with Crippen LogP contribution in [0.4, 0.5) is 0 Å². The van der Waals surface area contributed by atoms with Crippen molar-refractivity contribution >= 4 is 11.3 Å². The molecule has 2 aromatic heterocycles. The molecular formula is C27H32N2O. The van der Waals surface area contributed by atoms with Gasteiger partial charge in [-0.05, 0) is 72.9 Å². The fourth-order valence-corrected chi connectivity index (χ4v) is 5.61. The van der Waals surface area contributed by atoms with Crippen molar-refractivity contribution in [1.29, 1.82) is 0 Å². The van der Waals surface area contributed by atoms with Crippen molar-refractivity contribution in [2.75, 3.05) is 0 Å². The van der Waals surface area contributed by atoms with E-state index in [2.05, 4.69) is 37.0 Å². The number of hydrogen-bond donors (Lipinski definition) is 0. The zero-order valence-electron chi connectivity index (χ0n) is 18.2. The Hall–Kier alpha value is -2.42. The van der Waals surface area contributed by atoms with Gasteiger partial charge in [-0.3, -0.25) is 9.98 Å². The number of furan rings is 1. The van der Waals surface area contributed by atoms with Crippen molar-refractivity contribution in [1.82, 2.24) is 4.98 Å². The molecule has 2 atom stereocenters. The van der Waals surface area contributed by atoms with Gasteiger partial charge in [0, 0.05) is 17.5 Å². The van der Waals surface area contributed by atoms with Crippen molar-refractivity contribution in [2.24, 2.45) is 22.7 Å². The predicted octanol–water partition coefficient (Wildman–Crippen LogP) is 7.47. The van der Waals surface area contributed by atoms with Gasteiger partial charge in [-0.1, -0.05) is 52.0 Å². The van der Waals surface area contributed by atoms with E-state index in [1.807, 2.05) is 24.4 Å². The van der Waals surface area contributed by atoms with Gasteiger partial charge in [-0.15, -0.1) is 0 Å². The average Bonchev–Trinajstić information content (AvgIpc) is 3.44. The number of fused-ring (bicyclic) bond motifs is 7. The highest BCUT2D eigenvalue weighted by Gasteiger charge is 2.43. The van der Waals surface area contributed by atoms with E-state index in [1.165, 1.54) is 67.5 Å². The SMILES string of the molecule is CC(C)[C@H]1C2=CC3=NC2=C(c2ccc(-c4ccccn4)o2)[C@@H]1CCCCCCCC3. The Morgan fingerprint density at radius 1 is 0.933 bits per heavy atom. The van der Waals surface area contributed by atoms with Crippen LogP contribution in [0, 0.1) is 17.8 Å². The Kier molecular flexibility index (Phi) is 5.45. The van der Waals surface area contributed by atoms with Crippen LogP contribution >= 0.6 is 0 Å². The van der Waals surface area contributed by atoms with E-state index >= 15 is 0 Å². The molecule has 2 aliphatic heterocycles. The summed E-state index contributed by atoms with van der Waals surface area (Å²) >= 11 is 0. The monoisotopic (exact) mass is 400 g/mol. The minimum atomic E-state index is 0.500. The summed E-state index contributed by atoms with van der Waals surface area (Å²) in [5, 5.41) is 0. The van der Waals surface area contributed by atoms with Gasteiger partial charge in [0.05, 0.1) is 5.70 Å². The molecule has 0 saturated heterocycles. The zero-order chi connectivity index (χ0) is 20.5. The molecule has 2 aliphatic carbocycles. The number of allylic oxidation sites excluding steroid dienone is 3. The summed E-state index contributed by atoms with van der Waals surface area (Å²) in [4.78, 5) is 9.65. The Labute approximate surface area is 180 Å². The van der Waals surface area contributed by atoms with E-state index in [4.69, 9.17) is 9.41 Å². The maximum atomic E-state index is 6.42. The summed E-state index contributed by atoms with van der Waals surface area (Å²) in [6.07, 6.45) is 14.5. The number of pyridine rings is 1. The number of nitrogens with zero attached hydrogens (tertiary/aromatic N) is 2. The molecule has 156 valence electrons. The third-order valence-electron chi connectivity index (χ3n) is 6.97. The fraction of sp³-hybridized carbons (Fsp3) is 0.481. The van der Waals surface area contributed by atoms with Crippen LogP contribution in [0.3, 0.4) is 0 Å². The molecule has 4 aliphatic rings. The van der Waals surface area contributed by atoms with E-state index < -0.39 is 0 Å². The highest BCUT2D eigenvalue weighted by molar-refractivity contribution is 6.02. The highest BCUT2D eigenvalue weighted by Crippen LogP contribution is 2.54. The van der Waals surface area contributed by atoms with Gasteiger partial charge in [-0.25, -0.2) is 0 Å². The Balaban J connectivity index is 1.58. The lowest BCUT2D eigenvalue weighted by Gasteiger charge is -2.26. The van der Waals surface area contributed by atoms with E-state index in [0.29, 0.717) is 17.8 Å². The van der Waals surface area contributed by atoms with Crippen molar-refractivity contribution in [3.63, 3.8) is 0 Å². The number of aromatic nitrogens is 1. The average molecular weight is 401 g/mol. The van der Waals surface area contributed by atoms with Gasteiger partial charge in [0.15, 0.2) is 5.76 Å². The molecule has 0 N–H and O–H groups in total. The van der Waals surface area contributed by atoms with Gasteiger partial charge in [0.2, 0.25) is 0 Å². The molecule has 0 fully saturated rings. The molecule has 0 saturated carbocycles.